The molecule has 1 fully saturated rings. The summed E-state index contributed by atoms with van der Waals surface area (Å²) in [7, 11) is 5.08. The zero-order valence-electron chi connectivity index (χ0n) is 39.9. The van der Waals surface area contributed by atoms with Gasteiger partial charge in [-0.05, 0) is 74.3 Å². The minimum atomic E-state index is -0.945. The predicted octanol–water partition coefficient (Wildman–Crippen LogP) is 4.43. The zero-order chi connectivity index (χ0) is 47.6. The fraction of sp³-hybridized carbons (Fsp3) is 0.733. The van der Waals surface area contributed by atoms with Gasteiger partial charge in [-0.1, -0.05) is 30.3 Å². The van der Waals surface area contributed by atoms with Crippen LogP contribution >= 0.6 is 0 Å². The molecule has 1 saturated heterocycles. The van der Waals surface area contributed by atoms with Gasteiger partial charge >= 0.3 is 193 Å². The molecule has 18 heteroatoms. The number of hydrogen-bond acceptors (Lipinski definition) is 17. The Kier molecular flexibility index (Phi) is 22.0. The molecule has 0 amide bonds. The topological polar surface area (TPSA) is 183 Å². The van der Waals surface area contributed by atoms with Crippen LogP contribution in [0.2, 0.25) is 0 Å². The monoisotopic (exact) mass is 887 g/mol. The molecule has 0 unspecified atom stereocenters. The molecule has 1 radical (unpaired) electrons. The second kappa shape index (κ2) is 25.3. The van der Waals surface area contributed by atoms with E-state index in [4.69, 9.17) is 31.3 Å². The average Bonchev–Trinajstić information content (AvgIpc) is 3.11. The molecule has 1 heterocycles. The van der Waals surface area contributed by atoms with Crippen molar-refractivity contribution in [3.63, 3.8) is 0 Å². The second-order valence-electron chi connectivity index (χ2n) is 19.7. The zero-order valence-corrected chi connectivity index (χ0v) is 39.9. The van der Waals surface area contributed by atoms with Crippen LogP contribution in [0.25, 0.3) is 0 Å². The van der Waals surface area contributed by atoms with Crippen molar-refractivity contribution in [3.8, 4) is 0 Å². The third-order valence-corrected chi connectivity index (χ3v) is 9.24. The van der Waals surface area contributed by atoms with Crippen molar-refractivity contribution in [1.29, 1.82) is 0 Å². The number of nitrogens with zero attached hydrogens (tertiary/aromatic N) is 5. The summed E-state index contributed by atoms with van der Waals surface area (Å²) in [5.41, 5.74) is -2.39. The Morgan fingerprint density at radius 3 is 1.25 bits per heavy atom. The van der Waals surface area contributed by atoms with Crippen LogP contribution in [0.15, 0.2) is 35.4 Å². The van der Waals surface area contributed by atoms with E-state index in [0.717, 1.165) is 5.56 Å². The van der Waals surface area contributed by atoms with Gasteiger partial charge in [0.1, 0.15) is 29.5 Å². The molecule has 1 aliphatic heterocycles. The summed E-state index contributed by atoms with van der Waals surface area (Å²) in [6.07, 6.45) is -0.206. The van der Waals surface area contributed by atoms with Gasteiger partial charge in [-0.15, -0.1) is 0 Å². The normalized spacial score (nSPS) is 16.9. The molecule has 17 nitrogen and oxygen atoms in total. The van der Waals surface area contributed by atoms with E-state index in [1.807, 2.05) is 49.9 Å². The Labute approximate surface area is 375 Å². The van der Waals surface area contributed by atoms with E-state index >= 15 is 0 Å². The van der Waals surface area contributed by atoms with E-state index < -0.39 is 70.3 Å². The van der Waals surface area contributed by atoms with Crippen LogP contribution in [0.1, 0.15) is 114 Å². The maximum absolute atomic E-state index is 14.1. The third kappa shape index (κ3) is 24.4. The number of carbonyl (C=O) groups excluding carboxylic acids is 6. The SMILES string of the molecule is [B]=NOC(=O)CC[C@H](C(=O)OC(C)(C)C)N1CCN(CC(=O)OC(C)(C)C)CCN([C@H](CCC(=O)OCc2ccccc2)C(=O)OC(C)(C)C)CCN(CC(=O)OC(C)(C)C)CC1. The molecule has 2 atom stereocenters. The van der Waals surface area contributed by atoms with Crippen molar-refractivity contribution in [2.24, 2.45) is 5.06 Å². The van der Waals surface area contributed by atoms with E-state index in [2.05, 4.69) is 9.90 Å². The van der Waals surface area contributed by atoms with E-state index in [1.54, 1.807) is 83.1 Å². The molecule has 0 aromatic heterocycles. The molecule has 1 aliphatic rings. The first kappa shape index (κ1) is 54.9. The summed E-state index contributed by atoms with van der Waals surface area (Å²) >= 11 is 0. The molecule has 1 aromatic rings. The van der Waals surface area contributed by atoms with Gasteiger partial charge in [0.15, 0.2) is 0 Å². The van der Waals surface area contributed by atoms with Crippen molar-refractivity contribution >= 4 is 43.5 Å². The first-order valence-electron chi connectivity index (χ1n) is 21.7. The molecule has 0 spiro atoms. The Bertz CT molecular complexity index is 1610. The second-order valence-corrected chi connectivity index (χ2v) is 19.7. The molecule has 0 saturated carbocycles. The Morgan fingerprint density at radius 1 is 0.540 bits per heavy atom. The van der Waals surface area contributed by atoms with E-state index in [9.17, 15) is 28.8 Å². The summed E-state index contributed by atoms with van der Waals surface area (Å²) in [5.74, 6) is -3.27. The molecule has 63 heavy (non-hydrogen) atoms. The van der Waals surface area contributed by atoms with Crippen molar-refractivity contribution in [1.82, 2.24) is 19.6 Å². The van der Waals surface area contributed by atoms with Crippen LogP contribution in [0.3, 0.4) is 0 Å². The summed E-state index contributed by atoms with van der Waals surface area (Å²) in [4.78, 5) is 92.5. The van der Waals surface area contributed by atoms with Crippen LogP contribution in [0.5, 0.6) is 0 Å². The van der Waals surface area contributed by atoms with Gasteiger partial charge in [0, 0.05) is 6.42 Å². The standard InChI is InChI=1S/C45H73BN5O12/c1-42(2,3)59-38(54)30-48-22-26-50(34(40(56)61-44(7,8)9)18-20-36(52)58-32-33-16-14-13-15-17-33)27-23-49(31-39(55)60-43(4,5)6)25-29-51(28-24-48)35(19-21-37(53)63-47-46)41(57)62-45(10,11)12/h13-17,34-35H,18-32H2,1-12H3/t34-,35-/m1/s1. The fourth-order valence-electron chi connectivity index (χ4n) is 6.64. The minimum absolute atomic E-state index is 0.000523. The number of benzene rings is 1. The van der Waals surface area contributed by atoms with Crippen LogP contribution < -0.4 is 0 Å². The van der Waals surface area contributed by atoms with Crippen molar-refractivity contribution < 1.29 is 57.3 Å². The van der Waals surface area contributed by atoms with Gasteiger partial charge in [0.05, 0.1) is 0 Å². The van der Waals surface area contributed by atoms with Crippen LogP contribution in [0, 0.1) is 0 Å². The van der Waals surface area contributed by atoms with Gasteiger partial charge in [-0.3, -0.25) is 24.1 Å². The Morgan fingerprint density at radius 2 is 0.905 bits per heavy atom. The quantitative estimate of drug-likeness (QED) is 0.0927. The molecular weight excluding hydrogens is 813 g/mol. The van der Waals surface area contributed by atoms with Crippen molar-refractivity contribution in [2.45, 2.75) is 150 Å². The van der Waals surface area contributed by atoms with E-state index in [0.29, 0.717) is 0 Å². The predicted molar refractivity (Wildman–Crippen MR) is 236 cm³/mol. The summed E-state index contributed by atoms with van der Waals surface area (Å²) < 4.78 is 28.8. The first-order valence-corrected chi connectivity index (χ1v) is 21.7. The van der Waals surface area contributed by atoms with Gasteiger partial charge in [-0.25, -0.2) is 0 Å². The molecule has 0 aliphatic carbocycles. The fourth-order valence-corrected chi connectivity index (χ4v) is 6.64. The van der Waals surface area contributed by atoms with Crippen LogP contribution in [-0.4, -0.2) is 163 Å². The molecule has 0 N–H and O–H groups in total. The van der Waals surface area contributed by atoms with Gasteiger partial charge in [-0.2, -0.15) is 0 Å². The molecule has 353 valence electrons. The number of hydrogen-bond donors (Lipinski definition) is 0. The number of rotatable bonds is 17. The van der Waals surface area contributed by atoms with E-state index in [1.165, 1.54) is 0 Å². The third-order valence-electron chi connectivity index (χ3n) is 9.24. The molecule has 2 rings (SSSR count). The van der Waals surface area contributed by atoms with Crippen molar-refractivity contribution in [3.05, 3.63) is 35.9 Å². The molecule has 1 aromatic carbocycles. The Balaban J connectivity index is 2.62. The first-order chi connectivity index (χ1) is 29.1. The molecule has 0 bridgehead atoms. The van der Waals surface area contributed by atoms with Gasteiger partial charge in [0.25, 0.3) is 0 Å². The van der Waals surface area contributed by atoms with Crippen LogP contribution in [0.4, 0.5) is 0 Å². The maximum atomic E-state index is 14.1. The molecular formula is C45H73BN5O12. The number of carbonyl (C=O) groups is 6. The van der Waals surface area contributed by atoms with Gasteiger partial charge < -0.3 is 18.9 Å². The van der Waals surface area contributed by atoms with E-state index in [-0.39, 0.29) is 97.7 Å². The number of ether oxygens (including phenoxy) is 5. The van der Waals surface area contributed by atoms with Crippen LogP contribution in [-0.2, 0) is 63.9 Å². The number of esters is 5. The summed E-state index contributed by atoms with van der Waals surface area (Å²) in [6, 6.07) is 7.44. The summed E-state index contributed by atoms with van der Waals surface area (Å²) in [5, 5.41) is 2.98. The van der Waals surface area contributed by atoms with Crippen molar-refractivity contribution in [2.75, 3.05) is 65.4 Å². The Hall–Kier alpha value is -4.26. The summed E-state index contributed by atoms with van der Waals surface area (Å²) in [6.45, 7) is 22.9. The van der Waals surface area contributed by atoms with Gasteiger partial charge in [0.2, 0.25) is 0 Å². The average molecular weight is 887 g/mol.